The summed E-state index contributed by atoms with van der Waals surface area (Å²) in [5, 5.41) is 4.62. The average Bonchev–Trinajstić information content (AvgIpc) is 2.70. The van der Waals surface area contributed by atoms with Gasteiger partial charge in [-0.2, -0.15) is 0 Å². The Morgan fingerprint density at radius 2 is 2.11 bits per heavy atom. The van der Waals surface area contributed by atoms with Gasteiger partial charge in [0.15, 0.2) is 5.65 Å². The lowest BCUT2D eigenvalue weighted by Gasteiger charge is -2.01. The van der Waals surface area contributed by atoms with E-state index in [-0.39, 0.29) is 5.69 Å². The number of halogens is 1. The zero-order chi connectivity index (χ0) is 12.5. The van der Waals surface area contributed by atoms with Crippen LogP contribution >= 0.6 is 11.6 Å². The van der Waals surface area contributed by atoms with E-state index in [0.29, 0.717) is 17.3 Å². The minimum Gasteiger partial charge on any atom is -0.250 e. The second-order valence-electron chi connectivity index (χ2n) is 3.82. The van der Waals surface area contributed by atoms with Crippen LogP contribution in [-0.4, -0.2) is 19.2 Å². The van der Waals surface area contributed by atoms with Crippen LogP contribution in [0.15, 0.2) is 47.5 Å². The van der Waals surface area contributed by atoms with E-state index >= 15 is 0 Å². The van der Waals surface area contributed by atoms with Crippen molar-refractivity contribution in [2.45, 2.75) is 6.54 Å². The van der Waals surface area contributed by atoms with Crippen molar-refractivity contribution in [2.75, 3.05) is 0 Å². The standard InChI is InChI=1S/C12H9ClN4O/c13-11-9(4-3-6-14-11)8-17-12(18)16-7-2-1-5-10(16)15-17/h1-7H,8H2. The Labute approximate surface area is 107 Å². The molecule has 90 valence electrons. The van der Waals surface area contributed by atoms with E-state index in [1.54, 1.807) is 30.6 Å². The van der Waals surface area contributed by atoms with Crippen molar-refractivity contribution in [3.63, 3.8) is 0 Å². The highest BCUT2D eigenvalue weighted by molar-refractivity contribution is 6.30. The van der Waals surface area contributed by atoms with Crippen LogP contribution in [0.2, 0.25) is 5.15 Å². The molecule has 0 radical (unpaired) electrons. The molecule has 0 spiro atoms. The Bertz CT molecular complexity index is 762. The van der Waals surface area contributed by atoms with Gasteiger partial charge in [0, 0.05) is 18.0 Å². The molecule has 6 heteroatoms. The molecule has 0 saturated carbocycles. The van der Waals surface area contributed by atoms with Crippen molar-refractivity contribution in [1.82, 2.24) is 19.2 Å². The van der Waals surface area contributed by atoms with Crippen molar-refractivity contribution < 1.29 is 0 Å². The van der Waals surface area contributed by atoms with E-state index in [4.69, 9.17) is 11.6 Å². The van der Waals surface area contributed by atoms with Crippen LogP contribution in [0.25, 0.3) is 5.65 Å². The second-order valence-corrected chi connectivity index (χ2v) is 4.18. The van der Waals surface area contributed by atoms with Crippen LogP contribution in [-0.2, 0) is 6.54 Å². The largest absolute Gasteiger partial charge is 0.350 e. The molecule has 0 aliphatic rings. The van der Waals surface area contributed by atoms with Crippen molar-refractivity contribution in [2.24, 2.45) is 0 Å². The number of fused-ring (bicyclic) bond motifs is 1. The zero-order valence-corrected chi connectivity index (χ0v) is 10.1. The highest BCUT2D eigenvalue weighted by Crippen LogP contribution is 2.12. The Kier molecular flexibility index (Phi) is 2.60. The van der Waals surface area contributed by atoms with E-state index in [0.717, 1.165) is 5.56 Å². The van der Waals surface area contributed by atoms with Crippen LogP contribution < -0.4 is 5.69 Å². The highest BCUT2D eigenvalue weighted by Gasteiger charge is 2.08. The Hall–Kier alpha value is -2.14. The third-order valence-corrected chi connectivity index (χ3v) is 2.99. The molecule has 0 saturated heterocycles. The Balaban J connectivity index is 2.09. The zero-order valence-electron chi connectivity index (χ0n) is 9.32. The predicted molar refractivity (Wildman–Crippen MR) is 67.8 cm³/mol. The summed E-state index contributed by atoms with van der Waals surface area (Å²) in [6.45, 7) is 0.313. The topological polar surface area (TPSA) is 52.2 Å². The number of nitrogens with zero attached hydrogens (tertiary/aromatic N) is 4. The predicted octanol–water partition coefficient (Wildman–Crippen LogP) is 1.59. The quantitative estimate of drug-likeness (QED) is 0.658. The molecule has 3 aromatic heterocycles. The maximum atomic E-state index is 12.0. The van der Waals surface area contributed by atoms with Gasteiger partial charge in [-0.05, 0) is 18.2 Å². The van der Waals surface area contributed by atoms with Crippen LogP contribution in [0.1, 0.15) is 5.56 Å². The highest BCUT2D eigenvalue weighted by atomic mass is 35.5. The van der Waals surface area contributed by atoms with E-state index in [1.807, 2.05) is 12.1 Å². The van der Waals surface area contributed by atoms with Gasteiger partial charge < -0.3 is 0 Å². The number of aromatic nitrogens is 4. The molecule has 0 unspecified atom stereocenters. The maximum Gasteiger partial charge on any atom is 0.350 e. The van der Waals surface area contributed by atoms with Crippen LogP contribution in [0.3, 0.4) is 0 Å². The van der Waals surface area contributed by atoms with E-state index in [9.17, 15) is 4.79 Å². The van der Waals surface area contributed by atoms with Crippen LogP contribution in [0.4, 0.5) is 0 Å². The first-order valence-electron chi connectivity index (χ1n) is 5.39. The molecule has 0 aromatic carbocycles. The van der Waals surface area contributed by atoms with Crippen LogP contribution in [0.5, 0.6) is 0 Å². The van der Waals surface area contributed by atoms with Gasteiger partial charge in [0.1, 0.15) is 5.15 Å². The molecular weight excluding hydrogens is 252 g/mol. The maximum absolute atomic E-state index is 12.0. The summed E-state index contributed by atoms with van der Waals surface area (Å²) in [5.74, 6) is 0. The summed E-state index contributed by atoms with van der Waals surface area (Å²) >= 11 is 5.96. The van der Waals surface area contributed by atoms with Gasteiger partial charge in [-0.1, -0.05) is 23.7 Å². The molecule has 18 heavy (non-hydrogen) atoms. The fourth-order valence-electron chi connectivity index (χ4n) is 1.77. The monoisotopic (exact) mass is 260 g/mol. The number of pyridine rings is 2. The van der Waals surface area contributed by atoms with Crippen molar-refractivity contribution in [3.8, 4) is 0 Å². The molecule has 0 aliphatic heterocycles. The summed E-state index contributed by atoms with van der Waals surface area (Å²) in [5.41, 5.74) is 1.19. The van der Waals surface area contributed by atoms with Gasteiger partial charge in [0.25, 0.3) is 0 Å². The number of hydrogen-bond acceptors (Lipinski definition) is 3. The molecule has 0 atom stereocenters. The van der Waals surface area contributed by atoms with E-state index in [2.05, 4.69) is 10.1 Å². The van der Waals surface area contributed by atoms with Crippen molar-refractivity contribution in [1.29, 1.82) is 0 Å². The molecule has 0 N–H and O–H groups in total. The number of rotatable bonds is 2. The van der Waals surface area contributed by atoms with E-state index < -0.39 is 0 Å². The molecule has 0 bridgehead atoms. The van der Waals surface area contributed by atoms with Gasteiger partial charge in [-0.15, -0.1) is 5.10 Å². The summed E-state index contributed by atoms with van der Waals surface area (Å²) in [6, 6.07) is 9.01. The second kappa shape index (κ2) is 4.27. The minimum absolute atomic E-state index is 0.189. The third kappa shape index (κ3) is 1.78. The van der Waals surface area contributed by atoms with Crippen LogP contribution in [0, 0.1) is 0 Å². The normalized spacial score (nSPS) is 10.9. The molecule has 3 heterocycles. The lowest BCUT2D eigenvalue weighted by Crippen LogP contribution is -2.21. The molecule has 3 rings (SSSR count). The molecule has 0 fully saturated rings. The first-order chi connectivity index (χ1) is 8.75. The molecule has 0 aliphatic carbocycles. The molecule has 5 nitrogen and oxygen atoms in total. The van der Waals surface area contributed by atoms with Gasteiger partial charge in [0.2, 0.25) is 0 Å². The van der Waals surface area contributed by atoms with Crippen molar-refractivity contribution in [3.05, 3.63) is 63.9 Å². The molecule has 3 aromatic rings. The Morgan fingerprint density at radius 1 is 1.22 bits per heavy atom. The first kappa shape index (κ1) is 11.0. The minimum atomic E-state index is -0.189. The van der Waals surface area contributed by atoms with Gasteiger partial charge in [0.05, 0.1) is 6.54 Å². The van der Waals surface area contributed by atoms with Gasteiger partial charge in [-0.25, -0.2) is 14.5 Å². The summed E-state index contributed by atoms with van der Waals surface area (Å²) < 4.78 is 2.86. The lowest BCUT2D eigenvalue weighted by molar-refractivity contribution is 0.657. The van der Waals surface area contributed by atoms with E-state index in [1.165, 1.54) is 9.08 Å². The van der Waals surface area contributed by atoms with Gasteiger partial charge >= 0.3 is 5.69 Å². The van der Waals surface area contributed by atoms with Gasteiger partial charge in [-0.3, -0.25) is 4.40 Å². The molecule has 0 amide bonds. The fraction of sp³-hybridized carbons (Fsp3) is 0.0833. The number of hydrogen-bond donors (Lipinski definition) is 0. The third-order valence-electron chi connectivity index (χ3n) is 2.64. The van der Waals surface area contributed by atoms with Crippen molar-refractivity contribution >= 4 is 17.2 Å². The average molecular weight is 261 g/mol. The Morgan fingerprint density at radius 3 is 2.89 bits per heavy atom. The summed E-state index contributed by atoms with van der Waals surface area (Å²) in [7, 11) is 0. The fourth-order valence-corrected chi connectivity index (χ4v) is 1.95. The molecular formula is C12H9ClN4O. The lowest BCUT2D eigenvalue weighted by atomic mass is 10.3. The SMILES string of the molecule is O=c1n(Cc2cccnc2Cl)nc2ccccn12. The smallest absolute Gasteiger partial charge is 0.250 e. The summed E-state index contributed by atoms with van der Waals surface area (Å²) in [4.78, 5) is 16.0. The first-order valence-corrected chi connectivity index (χ1v) is 5.77. The summed E-state index contributed by atoms with van der Waals surface area (Å²) in [6.07, 6.45) is 3.30.